The molecule has 0 saturated carbocycles. The number of thioether (sulfide) groups is 1. The van der Waals surface area contributed by atoms with E-state index in [-0.39, 0.29) is 23.3 Å². The number of nitrogens with one attached hydrogen (secondary N) is 2. The maximum absolute atomic E-state index is 12.9. The Balaban J connectivity index is 1.55. The van der Waals surface area contributed by atoms with Crippen LogP contribution in [0.2, 0.25) is 0 Å². The molecular weight excluding hydrogens is 366 g/mol. The van der Waals surface area contributed by atoms with Gasteiger partial charge < -0.3 is 10.1 Å². The molecule has 9 heteroatoms. The molecule has 2 aromatic heterocycles. The molecular formula is C18H19N5O3S. The number of nitrogens with zero attached hydrogens (tertiary/aromatic N) is 3. The fourth-order valence-corrected chi connectivity index (χ4v) is 3.83. The van der Waals surface area contributed by atoms with Gasteiger partial charge in [-0.3, -0.25) is 19.3 Å². The van der Waals surface area contributed by atoms with E-state index in [1.54, 1.807) is 0 Å². The Bertz CT molecular complexity index is 995. The number of carbonyl (C=O) groups excluding carboxylic acids is 1. The van der Waals surface area contributed by atoms with Crippen molar-refractivity contribution < 1.29 is 9.53 Å². The largest absolute Gasteiger partial charge is 0.376 e. The molecule has 0 bridgehead atoms. The van der Waals surface area contributed by atoms with E-state index in [2.05, 4.69) is 20.5 Å². The Hall–Kier alpha value is -2.65. The maximum atomic E-state index is 12.9. The van der Waals surface area contributed by atoms with Crippen LogP contribution in [0.4, 0.5) is 0 Å². The molecule has 1 aliphatic heterocycles. The van der Waals surface area contributed by atoms with Gasteiger partial charge in [0.25, 0.3) is 5.56 Å². The molecule has 1 aliphatic rings. The van der Waals surface area contributed by atoms with E-state index in [4.69, 9.17) is 4.74 Å². The highest BCUT2D eigenvalue weighted by Gasteiger charge is 2.18. The molecule has 1 unspecified atom stereocenters. The van der Waals surface area contributed by atoms with Crippen LogP contribution in [0.5, 0.6) is 0 Å². The third-order valence-electron chi connectivity index (χ3n) is 4.35. The molecule has 140 valence electrons. The number of aromatic nitrogens is 4. The Morgan fingerprint density at radius 3 is 3.00 bits per heavy atom. The third kappa shape index (κ3) is 3.88. The summed E-state index contributed by atoms with van der Waals surface area (Å²) >= 11 is 1.22. The van der Waals surface area contributed by atoms with Crippen molar-refractivity contribution in [2.24, 2.45) is 0 Å². The number of carbonyl (C=O) groups is 1. The highest BCUT2D eigenvalue weighted by molar-refractivity contribution is 7.99. The summed E-state index contributed by atoms with van der Waals surface area (Å²) in [6, 6.07) is 9.24. The first kappa shape index (κ1) is 17.7. The number of aromatic amines is 1. The van der Waals surface area contributed by atoms with Crippen molar-refractivity contribution in [1.29, 1.82) is 0 Å². The molecule has 3 heterocycles. The van der Waals surface area contributed by atoms with Crippen molar-refractivity contribution in [2.45, 2.75) is 24.1 Å². The molecule has 4 rings (SSSR count). The van der Waals surface area contributed by atoms with E-state index >= 15 is 0 Å². The molecule has 0 aliphatic carbocycles. The average molecular weight is 385 g/mol. The van der Waals surface area contributed by atoms with Gasteiger partial charge in [-0.1, -0.05) is 30.0 Å². The molecule has 27 heavy (non-hydrogen) atoms. The van der Waals surface area contributed by atoms with E-state index < -0.39 is 0 Å². The Morgan fingerprint density at radius 2 is 2.22 bits per heavy atom. The second-order valence-corrected chi connectivity index (χ2v) is 7.17. The van der Waals surface area contributed by atoms with Crippen LogP contribution in [0.15, 0.2) is 46.5 Å². The maximum Gasteiger partial charge on any atom is 0.269 e. The predicted molar refractivity (Wildman–Crippen MR) is 102 cm³/mol. The number of amides is 1. The fourth-order valence-electron chi connectivity index (χ4n) is 2.99. The van der Waals surface area contributed by atoms with Gasteiger partial charge in [-0.2, -0.15) is 5.10 Å². The van der Waals surface area contributed by atoms with Gasteiger partial charge in [0.05, 0.1) is 23.7 Å². The first-order chi connectivity index (χ1) is 13.2. The number of fused-ring (bicyclic) bond motifs is 1. The van der Waals surface area contributed by atoms with Gasteiger partial charge in [0, 0.05) is 13.2 Å². The second kappa shape index (κ2) is 7.93. The average Bonchev–Trinajstić information content (AvgIpc) is 3.37. The minimum atomic E-state index is -0.220. The number of benzene rings is 1. The van der Waals surface area contributed by atoms with E-state index in [1.165, 1.54) is 22.5 Å². The lowest BCUT2D eigenvalue weighted by molar-refractivity contribution is -0.119. The number of hydrogen-bond acceptors (Lipinski definition) is 6. The lowest BCUT2D eigenvalue weighted by Gasteiger charge is -2.13. The van der Waals surface area contributed by atoms with Gasteiger partial charge in [0.15, 0.2) is 10.8 Å². The topological polar surface area (TPSA) is 102 Å². The summed E-state index contributed by atoms with van der Waals surface area (Å²) in [5.41, 5.74) is 0.886. The molecule has 1 atom stereocenters. The quantitative estimate of drug-likeness (QED) is 0.492. The van der Waals surface area contributed by atoms with Crippen molar-refractivity contribution >= 4 is 28.7 Å². The number of H-pyrrole nitrogens is 1. The van der Waals surface area contributed by atoms with Gasteiger partial charge >= 0.3 is 0 Å². The molecule has 1 aromatic carbocycles. The van der Waals surface area contributed by atoms with Crippen molar-refractivity contribution in [3.8, 4) is 5.69 Å². The Morgan fingerprint density at radius 1 is 1.37 bits per heavy atom. The highest BCUT2D eigenvalue weighted by Crippen LogP contribution is 2.20. The Labute approximate surface area is 159 Å². The fraction of sp³-hybridized carbons (Fsp3) is 0.333. The van der Waals surface area contributed by atoms with Gasteiger partial charge in [-0.15, -0.1) is 0 Å². The third-order valence-corrected chi connectivity index (χ3v) is 5.29. The van der Waals surface area contributed by atoms with Crippen LogP contribution in [0.3, 0.4) is 0 Å². The molecule has 1 saturated heterocycles. The molecule has 0 radical (unpaired) electrons. The van der Waals surface area contributed by atoms with Crippen molar-refractivity contribution in [3.05, 3.63) is 46.9 Å². The SMILES string of the molecule is O=C(CSc1nc2[nH]ncc2c(=O)n1-c1ccccc1)NCC1CCCO1. The van der Waals surface area contributed by atoms with Crippen LogP contribution in [0.25, 0.3) is 16.7 Å². The van der Waals surface area contributed by atoms with Crippen molar-refractivity contribution in [1.82, 2.24) is 25.1 Å². The number of para-hydroxylation sites is 1. The molecule has 8 nitrogen and oxygen atoms in total. The summed E-state index contributed by atoms with van der Waals surface area (Å²) in [6.07, 6.45) is 3.57. The summed E-state index contributed by atoms with van der Waals surface area (Å²) in [4.78, 5) is 29.6. The smallest absolute Gasteiger partial charge is 0.269 e. The van der Waals surface area contributed by atoms with Gasteiger partial charge in [0.2, 0.25) is 5.91 Å². The zero-order valence-corrected chi connectivity index (χ0v) is 15.4. The molecule has 1 fully saturated rings. The van der Waals surface area contributed by atoms with Crippen molar-refractivity contribution in [3.63, 3.8) is 0 Å². The molecule has 0 spiro atoms. The lowest BCUT2D eigenvalue weighted by Crippen LogP contribution is -2.33. The van der Waals surface area contributed by atoms with Crippen molar-refractivity contribution in [2.75, 3.05) is 18.9 Å². The monoisotopic (exact) mass is 385 g/mol. The van der Waals surface area contributed by atoms with E-state index in [1.807, 2.05) is 30.3 Å². The molecule has 2 N–H and O–H groups in total. The van der Waals surface area contributed by atoms with Gasteiger partial charge in [0.1, 0.15) is 5.39 Å². The van der Waals surface area contributed by atoms with Crippen LogP contribution in [0.1, 0.15) is 12.8 Å². The first-order valence-corrected chi connectivity index (χ1v) is 9.73. The standard InChI is InChI=1S/C18H19N5O3S/c24-15(19-9-13-7-4-8-26-13)11-27-18-21-16-14(10-20-22-16)17(25)23(18)12-5-2-1-3-6-12/h1-3,5-6,10,13H,4,7-9,11H2,(H,19,24)(H,20,22). The minimum absolute atomic E-state index is 0.0981. The summed E-state index contributed by atoms with van der Waals surface area (Å²) in [5.74, 6) is 0.0418. The summed E-state index contributed by atoms with van der Waals surface area (Å²) in [7, 11) is 0. The summed E-state index contributed by atoms with van der Waals surface area (Å²) < 4.78 is 7.02. The number of hydrogen-bond donors (Lipinski definition) is 2. The first-order valence-electron chi connectivity index (χ1n) is 8.75. The summed E-state index contributed by atoms with van der Waals surface area (Å²) in [6.45, 7) is 1.27. The highest BCUT2D eigenvalue weighted by atomic mass is 32.2. The number of ether oxygens (including phenoxy) is 1. The van der Waals surface area contributed by atoms with Crippen LogP contribution in [-0.2, 0) is 9.53 Å². The van der Waals surface area contributed by atoms with Crippen LogP contribution in [-0.4, -0.2) is 50.7 Å². The lowest BCUT2D eigenvalue weighted by atomic mass is 10.2. The van der Waals surface area contributed by atoms with E-state index in [0.717, 1.165) is 19.4 Å². The predicted octanol–water partition coefficient (Wildman–Crippen LogP) is 1.50. The second-order valence-electron chi connectivity index (χ2n) is 6.23. The zero-order chi connectivity index (χ0) is 18.6. The molecule has 3 aromatic rings. The van der Waals surface area contributed by atoms with Crippen LogP contribution >= 0.6 is 11.8 Å². The zero-order valence-electron chi connectivity index (χ0n) is 14.6. The van der Waals surface area contributed by atoms with E-state index in [0.29, 0.717) is 28.4 Å². The Kier molecular flexibility index (Phi) is 5.21. The van der Waals surface area contributed by atoms with Crippen LogP contribution < -0.4 is 10.9 Å². The van der Waals surface area contributed by atoms with Gasteiger partial charge in [-0.25, -0.2) is 4.98 Å². The van der Waals surface area contributed by atoms with E-state index in [9.17, 15) is 9.59 Å². The summed E-state index contributed by atoms with van der Waals surface area (Å²) in [5, 5.41) is 10.4. The van der Waals surface area contributed by atoms with Crippen LogP contribution in [0, 0.1) is 0 Å². The normalized spacial score (nSPS) is 16.7. The minimum Gasteiger partial charge on any atom is -0.376 e. The number of rotatable bonds is 6. The van der Waals surface area contributed by atoms with Gasteiger partial charge in [-0.05, 0) is 25.0 Å². The molecule has 1 amide bonds.